The topological polar surface area (TPSA) is 36.9 Å². The third-order valence-corrected chi connectivity index (χ3v) is 5.19. The van der Waals surface area contributed by atoms with E-state index in [9.17, 15) is 4.79 Å². The van der Waals surface area contributed by atoms with Crippen LogP contribution in [0.15, 0.2) is 41.8 Å². The maximum atomic E-state index is 12.7. The highest BCUT2D eigenvalue weighted by atomic mass is 32.1. The summed E-state index contributed by atoms with van der Waals surface area (Å²) in [7, 11) is 0. The van der Waals surface area contributed by atoms with Gasteiger partial charge >= 0.3 is 0 Å². The molecule has 0 spiro atoms. The Morgan fingerprint density at radius 2 is 2.05 bits per heavy atom. The molecule has 0 unspecified atom stereocenters. The molecule has 4 heteroatoms. The number of thiophene rings is 1. The van der Waals surface area contributed by atoms with Gasteiger partial charge in [-0.3, -0.25) is 4.79 Å². The van der Waals surface area contributed by atoms with Crippen LogP contribution in [0.25, 0.3) is 0 Å². The molecule has 3 rings (SSSR count). The fourth-order valence-electron chi connectivity index (χ4n) is 2.97. The highest BCUT2D eigenvalue weighted by Crippen LogP contribution is 2.27. The molecule has 1 aromatic heterocycles. The number of para-hydroxylation sites is 1. The van der Waals surface area contributed by atoms with Crippen molar-refractivity contribution in [1.82, 2.24) is 0 Å². The Bertz CT molecular complexity index is 623. The van der Waals surface area contributed by atoms with Gasteiger partial charge in [0.15, 0.2) is 6.04 Å². The molecular weight excluding hydrogens is 280 g/mol. The second kappa shape index (κ2) is 6.00. The third kappa shape index (κ3) is 2.87. The summed E-state index contributed by atoms with van der Waals surface area (Å²) in [5.41, 5.74) is 2.37. The summed E-state index contributed by atoms with van der Waals surface area (Å²) in [4.78, 5) is 16.0. The van der Waals surface area contributed by atoms with E-state index in [1.807, 2.05) is 24.0 Å². The van der Waals surface area contributed by atoms with Crippen LogP contribution in [0.1, 0.15) is 30.3 Å². The van der Waals surface area contributed by atoms with Gasteiger partial charge in [-0.25, -0.2) is 0 Å². The Balaban J connectivity index is 1.68. The molecule has 0 fully saturated rings. The van der Waals surface area contributed by atoms with Gasteiger partial charge in [0.1, 0.15) is 6.04 Å². The number of rotatable bonds is 4. The molecule has 1 amide bonds. The SMILES string of the molecule is C[C@H]([NH2+][C@@H](C)c1cccs1)C(=O)N1CCc2ccccc21. The van der Waals surface area contributed by atoms with Gasteiger partial charge in [-0.1, -0.05) is 24.3 Å². The minimum Gasteiger partial charge on any atom is -0.330 e. The minimum atomic E-state index is -0.0618. The number of hydrogen-bond acceptors (Lipinski definition) is 2. The Morgan fingerprint density at radius 1 is 1.24 bits per heavy atom. The predicted octanol–water partition coefficient (Wildman–Crippen LogP) is 2.35. The summed E-state index contributed by atoms with van der Waals surface area (Å²) in [6, 6.07) is 12.7. The van der Waals surface area contributed by atoms with Crippen LogP contribution in [0.2, 0.25) is 0 Å². The summed E-state index contributed by atoms with van der Waals surface area (Å²) in [6.45, 7) is 4.98. The van der Waals surface area contributed by atoms with Crippen LogP contribution in [-0.2, 0) is 11.2 Å². The zero-order valence-electron chi connectivity index (χ0n) is 12.5. The first-order chi connectivity index (χ1) is 10.2. The number of carbonyl (C=O) groups excluding carboxylic acids is 1. The van der Waals surface area contributed by atoms with Crippen molar-refractivity contribution < 1.29 is 10.1 Å². The monoisotopic (exact) mass is 301 g/mol. The number of nitrogens with zero attached hydrogens (tertiary/aromatic N) is 1. The lowest BCUT2D eigenvalue weighted by Crippen LogP contribution is -2.92. The number of nitrogens with two attached hydrogens (primary N) is 1. The maximum absolute atomic E-state index is 12.7. The van der Waals surface area contributed by atoms with Gasteiger partial charge in [0.2, 0.25) is 0 Å². The van der Waals surface area contributed by atoms with E-state index in [-0.39, 0.29) is 11.9 Å². The van der Waals surface area contributed by atoms with Crippen molar-refractivity contribution in [3.63, 3.8) is 0 Å². The van der Waals surface area contributed by atoms with Crippen LogP contribution in [0.4, 0.5) is 5.69 Å². The highest BCUT2D eigenvalue weighted by molar-refractivity contribution is 7.10. The number of amides is 1. The standard InChI is InChI=1S/C17H20N2OS/c1-12(16-8-5-11-21-16)18-13(2)17(20)19-10-9-14-6-3-4-7-15(14)19/h3-8,11-13,18H,9-10H2,1-2H3/p+1/t12-,13-/m0/s1. The number of hydrogen-bond donors (Lipinski definition) is 1. The molecule has 0 saturated carbocycles. The van der Waals surface area contributed by atoms with Crippen LogP contribution in [-0.4, -0.2) is 18.5 Å². The molecule has 2 heterocycles. The molecule has 0 bridgehead atoms. The van der Waals surface area contributed by atoms with Crippen molar-refractivity contribution in [2.75, 3.05) is 11.4 Å². The number of fused-ring (bicyclic) bond motifs is 1. The number of anilines is 1. The molecule has 1 aliphatic rings. The van der Waals surface area contributed by atoms with Crippen molar-refractivity contribution in [3.05, 3.63) is 52.2 Å². The zero-order valence-corrected chi connectivity index (χ0v) is 13.3. The quantitative estimate of drug-likeness (QED) is 0.925. The van der Waals surface area contributed by atoms with Crippen LogP contribution >= 0.6 is 11.3 Å². The fraction of sp³-hybridized carbons (Fsp3) is 0.353. The van der Waals surface area contributed by atoms with Crippen LogP contribution in [0, 0.1) is 0 Å². The summed E-state index contributed by atoms with van der Waals surface area (Å²) in [6.07, 6.45) is 0.967. The first kappa shape index (κ1) is 14.3. The van der Waals surface area contributed by atoms with Crippen LogP contribution in [0.5, 0.6) is 0 Å². The lowest BCUT2D eigenvalue weighted by atomic mass is 10.1. The van der Waals surface area contributed by atoms with E-state index in [0.717, 1.165) is 18.7 Å². The lowest BCUT2D eigenvalue weighted by molar-refractivity contribution is -0.709. The molecule has 2 aromatic rings. The molecule has 2 N–H and O–H groups in total. The molecule has 0 aliphatic carbocycles. The summed E-state index contributed by atoms with van der Waals surface area (Å²) in [5.74, 6) is 0.211. The summed E-state index contributed by atoms with van der Waals surface area (Å²) in [5, 5.41) is 4.25. The van der Waals surface area contributed by atoms with E-state index in [1.165, 1.54) is 10.4 Å². The normalized spacial score (nSPS) is 16.6. The van der Waals surface area contributed by atoms with Crippen LogP contribution < -0.4 is 10.2 Å². The predicted molar refractivity (Wildman–Crippen MR) is 86.6 cm³/mol. The van der Waals surface area contributed by atoms with E-state index in [0.29, 0.717) is 6.04 Å². The minimum absolute atomic E-state index is 0.0618. The fourth-order valence-corrected chi connectivity index (χ4v) is 3.74. The van der Waals surface area contributed by atoms with Gasteiger partial charge in [-0.2, -0.15) is 0 Å². The molecule has 1 aliphatic heterocycles. The molecule has 1 aromatic carbocycles. The van der Waals surface area contributed by atoms with Crippen molar-refractivity contribution in [1.29, 1.82) is 0 Å². The second-order valence-corrected chi connectivity index (χ2v) is 6.63. The van der Waals surface area contributed by atoms with Gasteiger partial charge in [0, 0.05) is 12.2 Å². The molecular formula is C17H21N2OS+. The molecule has 3 nitrogen and oxygen atoms in total. The molecule has 0 radical (unpaired) electrons. The first-order valence-corrected chi connectivity index (χ1v) is 8.32. The highest BCUT2D eigenvalue weighted by Gasteiger charge is 2.30. The van der Waals surface area contributed by atoms with Crippen molar-refractivity contribution in [2.24, 2.45) is 0 Å². The molecule has 0 saturated heterocycles. The van der Waals surface area contributed by atoms with Gasteiger partial charge in [0.25, 0.3) is 5.91 Å². The average molecular weight is 301 g/mol. The largest absolute Gasteiger partial charge is 0.330 e. The van der Waals surface area contributed by atoms with Crippen molar-refractivity contribution in [3.8, 4) is 0 Å². The van der Waals surface area contributed by atoms with E-state index >= 15 is 0 Å². The van der Waals surface area contributed by atoms with Gasteiger partial charge in [-0.15, -0.1) is 11.3 Å². The van der Waals surface area contributed by atoms with E-state index in [2.05, 4.69) is 41.9 Å². The lowest BCUT2D eigenvalue weighted by Gasteiger charge is -2.22. The Hall–Kier alpha value is -1.65. The molecule has 110 valence electrons. The number of benzene rings is 1. The van der Waals surface area contributed by atoms with Crippen molar-refractivity contribution >= 4 is 22.9 Å². The summed E-state index contributed by atoms with van der Waals surface area (Å²) < 4.78 is 0. The summed E-state index contributed by atoms with van der Waals surface area (Å²) >= 11 is 1.75. The number of quaternary nitrogens is 1. The number of carbonyl (C=O) groups is 1. The Kier molecular flexibility index (Phi) is 4.08. The third-order valence-electron chi connectivity index (χ3n) is 4.11. The van der Waals surface area contributed by atoms with Gasteiger partial charge < -0.3 is 10.2 Å². The van der Waals surface area contributed by atoms with Crippen LogP contribution in [0.3, 0.4) is 0 Å². The van der Waals surface area contributed by atoms with E-state index in [4.69, 9.17) is 0 Å². The maximum Gasteiger partial charge on any atom is 0.284 e. The first-order valence-electron chi connectivity index (χ1n) is 7.44. The smallest absolute Gasteiger partial charge is 0.284 e. The average Bonchev–Trinajstić information content (AvgIpc) is 3.15. The second-order valence-electron chi connectivity index (χ2n) is 5.65. The van der Waals surface area contributed by atoms with Crippen molar-refractivity contribution in [2.45, 2.75) is 32.4 Å². The molecule has 21 heavy (non-hydrogen) atoms. The zero-order chi connectivity index (χ0) is 14.8. The van der Waals surface area contributed by atoms with Gasteiger partial charge in [-0.05, 0) is 43.3 Å². The Labute approximate surface area is 129 Å². The Morgan fingerprint density at radius 3 is 2.81 bits per heavy atom. The van der Waals surface area contributed by atoms with Gasteiger partial charge in [0.05, 0.1) is 4.88 Å². The van der Waals surface area contributed by atoms with E-state index < -0.39 is 0 Å². The van der Waals surface area contributed by atoms with E-state index in [1.54, 1.807) is 11.3 Å². The molecule has 2 atom stereocenters.